The molecule has 25 heavy (non-hydrogen) atoms. The molecule has 0 spiro atoms. The Morgan fingerprint density at radius 1 is 1.16 bits per heavy atom. The Labute approximate surface area is 147 Å². The number of aromatic nitrogens is 1. The molecule has 2 amide bonds. The SMILES string of the molecule is CNC(=O)C[C@H](C)N(C)C(=O)c1ccc(-c2ccc(OC)nc2)cc1. The number of methoxy groups -OCH3 is 1. The Morgan fingerprint density at radius 3 is 2.32 bits per heavy atom. The van der Waals surface area contributed by atoms with Crippen molar-refractivity contribution < 1.29 is 14.3 Å². The summed E-state index contributed by atoms with van der Waals surface area (Å²) in [7, 11) is 4.87. The summed E-state index contributed by atoms with van der Waals surface area (Å²) in [6.45, 7) is 1.85. The zero-order chi connectivity index (χ0) is 18.4. The Balaban J connectivity index is 2.10. The third-order valence-electron chi connectivity index (χ3n) is 4.15. The number of nitrogens with zero attached hydrogens (tertiary/aromatic N) is 2. The number of carbonyl (C=O) groups is 2. The molecule has 0 saturated heterocycles. The fourth-order valence-corrected chi connectivity index (χ4v) is 2.39. The van der Waals surface area contributed by atoms with Crippen LogP contribution >= 0.6 is 0 Å². The predicted molar refractivity (Wildman–Crippen MR) is 96.5 cm³/mol. The molecule has 1 heterocycles. The van der Waals surface area contributed by atoms with Crippen LogP contribution in [0, 0.1) is 0 Å². The molecule has 0 bridgehead atoms. The first kappa shape index (κ1) is 18.4. The molecular weight excluding hydrogens is 318 g/mol. The maximum absolute atomic E-state index is 12.6. The van der Waals surface area contributed by atoms with Crippen LogP contribution in [-0.2, 0) is 4.79 Å². The molecule has 0 aliphatic rings. The smallest absolute Gasteiger partial charge is 0.253 e. The largest absolute Gasteiger partial charge is 0.481 e. The second-order valence-electron chi connectivity index (χ2n) is 5.81. The van der Waals surface area contributed by atoms with Crippen LogP contribution in [0.3, 0.4) is 0 Å². The highest BCUT2D eigenvalue weighted by molar-refractivity contribution is 5.95. The van der Waals surface area contributed by atoms with Crippen molar-refractivity contribution >= 4 is 11.8 Å². The van der Waals surface area contributed by atoms with E-state index in [1.165, 1.54) is 0 Å². The van der Waals surface area contributed by atoms with E-state index in [-0.39, 0.29) is 24.3 Å². The standard InChI is InChI=1S/C19H23N3O3/c1-13(11-17(23)20-2)22(3)19(24)15-7-5-14(6-8-15)16-9-10-18(25-4)21-12-16/h5-10,12-13H,11H2,1-4H3,(H,20,23)/t13-/m0/s1. The van der Waals surface area contributed by atoms with Crippen LogP contribution in [0.2, 0.25) is 0 Å². The van der Waals surface area contributed by atoms with Crippen LogP contribution in [0.4, 0.5) is 0 Å². The highest BCUT2D eigenvalue weighted by Crippen LogP contribution is 2.21. The van der Waals surface area contributed by atoms with Crippen LogP contribution in [0.5, 0.6) is 5.88 Å². The molecule has 0 aliphatic carbocycles. The normalized spacial score (nSPS) is 11.5. The van der Waals surface area contributed by atoms with Crippen molar-refractivity contribution in [2.45, 2.75) is 19.4 Å². The Bertz CT molecular complexity index is 727. The van der Waals surface area contributed by atoms with E-state index in [0.29, 0.717) is 11.4 Å². The molecule has 0 radical (unpaired) electrons. The van der Waals surface area contributed by atoms with Crippen LogP contribution < -0.4 is 10.1 Å². The first-order valence-electron chi connectivity index (χ1n) is 8.04. The van der Waals surface area contributed by atoms with Gasteiger partial charge in [-0.05, 0) is 30.7 Å². The fourth-order valence-electron chi connectivity index (χ4n) is 2.39. The topological polar surface area (TPSA) is 71.5 Å². The number of hydrogen-bond acceptors (Lipinski definition) is 4. The molecule has 1 N–H and O–H groups in total. The van der Waals surface area contributed by atoms with Gasteiger partial charge in [0.05, 0.1) is 7.11 Å². The van der Waals surface area contributed by atoms with Crippen molar-refractivity contribution in [1.82, 2.24) is 15.2 Å². The third kappa shape index (κ3) is 4.56. The van der Waals surface area contributed by atoms with Crippen molar-refractivity contribution in [3.8, 4) is 17.0 Å². The maximum Gasteiger partial charge on any atom is 0.253 e. The molecule has 1 aromatic heterocycles. The van der Waals surface area contributed by atoms with E-state index in [2.05, 4.69) is 10.3 Å². The predicted octanol–water partition coefficient (Wildman–Crippen LogP) is 2.35. The molecule has 6 heteroatoms. The second kappa shape index (κ2) is 8.28. The van der Waals surface area contributed by atoms with E-state index in [0.717, 1.165) is 11.1 Å². The van der Waals surface area contributed by atoms with Gasteiger partial charge in [0.25, 0.3) is 5.91 Å². The van der Waals surface area contributed by atoms with E-state index < -0.39 is 0 Å². The van der Waals surface area contributed by atoms with Crippen LogP contribution in [0.25, 0.3) is 11.1 Å². The monoisotopic (exact) mass is 341 g/mol. The summed E-state index contributed by atoms with van der Waals surface area (Å²) in [6.07, 6.45) is 2.00. The van der Waals surface area contributed by atoms with Crippen molar-refractivity contribution in [3.05, 3.63) is 48.2 Å². The maximum atomic E-state index is 12.6. The molecule has 2 rings (SSSR count). The number of carbonyl (C=O) groups excluding carboxylic acids is 2. The van der Waals surface area contributed by atoms with Gasteiger partial charge >= 0.3 is 0 Å². The molecule has 1 aromatic carbocycles. The average Bonchev–Trinajstić information content (AvgIpc) is 2.66. The van der Waals surface area contributed by atoms with Crippen molar-refractivity contribution in [1.29, 1.82) is 0 Å². The van der Waals surface area contributed by atoms with Crippen LogP contribution in [-0.4, -0.2) is 48.9 Å². The quantitative estimate of drug-likeness (QED) is 0.875. The Kier molecular flexibility index (Phi) is 6.11. The molecule has 1 atom stereocenters. The van der Waals surface area contributed by atoms with Crippen molar-refractivity contribution in [2.75, 3.05) is 21.2 Å². The summed E-state index contributed by atoms with van der Waals surface area (Å²) in [4.78, 5) is 29.8. The van der Waals surface area contributed by atoms with Crippen molar-refractivity contribution in [3.63, 3.8) is 0 Å². The van der Waals surface area contributed by atoms with Gasteiger partial charge in [-0.25, -0.2) is 4.98 Å². The van der Waals surface area contributed by atoms with E-state index in [1.54, 1.807) is 50.5 Å². The third-order valence-corrected chi connectivity index (χ3v) is 4.15. The van der Waals surface area contributed by atoms with Crippen molar-refractivity contribution in [2.24, 2.45) is 0 Å². The summed E-state index contributed by atoms with van der Waals surface area (Å²) in [6, 6.07) is 10.9. The molecule has 132 valence electrons. The molecule has 0 saturated carbocycles. The van der Waals surface area contributed by atoms with E-state index in [1.807, 2.05) is 25.1 Å². The second-order valence-corrected chi connectivity index (χ2v) is 5.81. The van der Waals surface area contributed by atoms with Gasteiger partial charge in [0.15, 0.2) is 0 Å². The van der Waals surface area contributed by atoms with E-state index >= 15 is 0 Å². The zero-order valence-corrected chi connectivity index (χ0v) is 14.9. The van der Waals surface area contributed by atoms with Gasteiger partial charge < -0.3 is 15.0 Å². The Morgan fingerprint density at radius 2 is 1.80 bits per heavy atom. The summed E-state index contributed by atoms with van der Waals surface area (Å²) >= 11 is 0. The minimum Gasteiger partial charge on any atom is -0.481 e. The van der Waals surface area contributed by atoms with Crippen LogP contribution in [0.15, 0.2) is 42.6 Å². The number of amides is 2. The lowest BCUT2D eigenvalue weighted by atomic mass is 10.0. The fraction of sp³-hybridized carbons (Fsp3) is 0.316. The van der Waals surface area contributed by atoms with Gasteiger partial charge in [-0.1, -0.05) is 12.1 Å². The molecule has 0 unspecified atom stereocenters. The zero-order valence-electron chi connectivity index (χ0n) is 14.9. The molecule has 0 fully saturated rings. The lowest BCUT2D eigenvalue weighted by molar-refractivity contribution is -0.121. The molecule has 0 aliphatic heterocycles. The van der Waals surface area contributed by atoms with Gasteiger partial charge in [0, 0.05) is 49.9 Å². The number of ether oxygens (including phenoxy) is 1. The van der Waals surface area contributed by atoms with E-state index in [4.69, 9.17) is 4.74 Å². The number of rotatable bonds is 6. The van der Waals surface area contributed by atoms with Gasteiger partial charge in [-0.2, -0.15) is 0 Å². The number of hydrogen-bond donors (Lipinski definition) is 1. The van der Waals surface area contributed by atoms with Gasteiger partial charge in [-0.3, -0.25) is 9.59 Å². The first-order valence-corrected chi connectivity index (χ1v) is 8.04. The van der Waals surface area contributed by atoms with E-state index in [9.17, 15) is 9.59 Å². The van der Waals surface area contributed by atoms with Gasteiger partial charge in [0.1, 0.15) is 0 Å². The number of pyridine rings is 1. The summed E-state index contributed by atoms with van der Waals surface area (Å²) in [5.41, 5.74) is 2.49. The molecule has 2 aromatic rings. The lowest BCUT2D eigenvalue weighted by Gasteiger charge is -2.24. The van der Waals surface area contributed by atoms with Gasteiger partial charge in [-0.15, -0.1) is 0 Å². The summed E-state index contributed by atoms with van der Waals surface area (Å²) < 4.78 is 5.05. The lowest BCUT2D eigenvalue weighted by Crippen LogP contribution is -2.38. The number of nitrogens with one attached hydrogen (secondary N) is 1. The molecular formula is C19H23N3O3. The Hall–Kier alpha value is -2.89. The number of benzene rings is 1. The first-order chi connectivity index (χ1) is 12.0. The minimum atomic E-state index is -0.182. The highest BCUT2D eigenvalue weighted by Gasteiger charge is 2.19. The highest BCUT2D eigenvalue weighted by atomic mass is 16.5. The molecule has 6 nitrogen and oxygen atoms in total. The minimum absolute atomic E-state index is 0.0884. The van der Waals surface area contributed by atoms with Crippen LogP contribution in [0.1, 0.15) is 23.7 Å². The average molecular weight is 341 g/mol. The summed E-state index contributed by atoms with van der Waals surface area (Å²) in [5, 5.41) is 2.57. The summed E-state index contributed by atoms with van der Waals surface area (Å²) in [5.74, 6) is 0.354. The van der Waals surface area contributed by atoms with Gasteiger partial charge in [0.2, 0.25) is 11.8 Å².